The van der Waals surface area contributed by atoms with Crippen molar-refractivity contribution in [2.45, 2.75) is 18.3 Å². The van der Waals surface area contributed by atoms with Crippen molar-refractivity contribution in [1.82, 2.24) is 4.90 Å². The van der Waals surface area contributed by atoms with Gasteiger partial charge < -0.3 is 15.4 Å². The molecule has 2 fully saturated rings. The summed E-state index contributed by atoms with van der Waals surface area (Å²) < 4.78 is 5.29. The predicted octanol–water partition coefficient (Wildman–Crippen LogP) is 3.28. The quantitative estimate of drug-likeness (QED) is 0.762. The van der Waals surface area contributed by atoms with Gasteiger partial charge in [0.1, 0.15) is 0 Å². The minimum absolute atomic E-state index is 0.0103. The van der Waals surface area contributed by atoms with Crippen molar-refractivity contribution in [3.8, 4) is 0 Å². The van der Waals surface area contributed by atoms with Crippen molar-refractivity contribution in [3.05, 3.63) is 59.1 Å². The molecule has 2 aromatic carbocycles. The normalized spacial score (nSPS) is 18.1. The Morgan fingerprint density at radius 3 is 2.10 bits per heavy atom. The maximum absolute atomic E-state index is 12.8. The molecule has 0 bridgehead atoms. The number of hydrogen-bond acceptors (Lipinski definition) is 4. The first-order valence-corrected chi connectivity index (χ1v) is 10.2. The second-order valence-electron chi connectivity index (χ2n) is 7.56. The number of carbonyl (C=O) groups is 2. The number of morpholine rings is 1. The van der Waals surface area contributed by atoms with E-state index in [1.165, 1.54) is 0 Å². The van der Waals surface area contributed by atoms with Crippen molar-refractivity contribution >= 4 is 34.8 Å². The zero-order valence-corrected chi connectivity index (χ0v) is 16.9. The van der Waals surface area contributed by atoms with Crippen molar-refractivity contribution in [2.24, 2.45) is 0 Å². The largest absolute Gasteiger partial charge is 0.379 e. The smallest absolute Gasteiger partial charge is 0.238 e. The highest BCUT2D eigenvalue weighted by Crippen LogP contribution is 2.49. The highest BCUT2D eigenvalue weighted by Gasteiger charge is 2.51. The number of rotatable bonds is 6. The standard InChI is InChI=1S/C22H24ClN3O3/c23-17-3-1-16(2-4-17)22(9-10-22)21(28)25-19-7-5-18(6-8-19)24-20(27)15-26-11-13-29-14-12-26/h1-8H,9-15H2,(H,24,27)(H,25,28). The maximum Gasteiger partial charge on any atom is 0.238 e. The Kier molecular flexibility index (Phi) is 5.85. The van der Waals surface area contributed by atoms with Crippen LogP contribution >= 0.6 is 11.6 Å². The third-order valence-corrected chi connectivity index (χ3v) is 5.73. The zero-order valence-electron chi connectivity index (χ0n) is 16.1. The van der Waals surface area contributed by atoms with Gasteiger partial charge in [0, 0.05) is 29.5 Å². The summed E-state index contributed by atoms with van der Waals surface area (Å²) in [5.41, 5.74) is 1.95. The summed E-state index contributed by atoms with van der Waals surface area (Å²) in [6.07, 6.45) is 1.66. The molecule has 4 rings (SSSR count). The minimum atomic E-state index is -0.463. The Balaban J connectivity index is 1.32. The Morgan fingerprint density at radius 2 is 1.52 bits per heavy atom. The fourth-order valence-corrected chi connectivity index (χ4v) is 3.72. The van der Waals surface area contributed by atoms with Crippen LogP contribution in [0.1, 0.15) is 18.4 Å². The van der Waals surface area contributed by atoms with Crippen molar-refractivity contribution in [1.29, 1.82) is 0 Å². The molecule has 29 heavy (non-hydrogen) atoms. The molecule has 7 heteroatoms. The number of nitrogens with one attached hydrogen (secondary N) is 2. The Labute approximate surface area is 175 Å². The second-order valence-corrected chi connectivity index (χ2v) is 7.99. The molecule has 1 heterocycles. The summed E-state index contributed by atoms with van der Waals surface area (Å²) in [6.45, 7) is 3.23. The predicted molar refractivity (Wildman–Crippen MR) is 113 cm³/mol. The van der Waals surface area contributed by atoms with E-state index in [-0.39, 0.29) is 11.8 Å². The average molecular weight is 414 g/mol. The molecule has 2 aromatic rings. The summed E-state index contributed by atoms with van der Waals surface area (Å²) in [5.74, 6) is -0.0627. The van der Waals surface area contributed by atoms with Gasteiger partial charge in [0.05, 0.1) is 25.2 Å². The number of hydrogen-bond donors (Lipinski definition) is 2. The fraction of sp³-hybridized carbons (Fsp3) is 0.364. The molecule has 1 aliphatic carbocycles. The molecule has 1 saturated carbocycles. The van der Waals surface area contributed by atoms with Crippen LogP contribution in [0, 0.1) is 0 Å². The van der Waals surface area contributed by atoms with Gasteiger partial charge in [0.2, 0.25) is 11.8 Å². The van der Waals surface area contributed by atoms with Crippen molar-refractivity contribution < 1.29 is 14.3 Å². The van der Waals surface area contributed by atoms with Crippen LogP contribution < -0.4 is 10.6 Å². The van der Waals surface area contributed by atoms with Crippen molar-refractivity contribution in [2.75, 3.05) is 43.5 Å². The minimum Gasteiger partial charge on any atom is -0.379 e. The van der Waals surface area contributed by atoms with Crippen LogP contribution in [0.4, 0.5) is 11.4 Å². The summed E-state index contributed by atoms with van der Waals surface area (Å²) in [7, 11) is 0. The van der Waals surface area contributed by atoms with Gasteiger partial charge in [-0.15, -0.1) is 0 Å². The van der Waals surface area contributed by atoms with E-state index in [2.05, 4.69) is 15.5 Å². The first-order valence-electron chi connectivity index (χ1n) is 9.83. The van der Waals surface area contributed by atoms with Gasteiger partial charge in [0.15, 0.2) is 0 Å². The van der Waals surface area contributed by atoms with E-state index in [1.54, 1.807) is 24.3 Å². The van der Waals surface area contributed by atoms with Crippen LogP contribution in [-0.2, 0) is 19.7 Å². The van der Waals surface area contributed by atoms with Crippen LogP contribution in [0.15, 0.2) is 48.5 Å². The van der Waals surface area contributed by atoms with Gasteiger partial charge >= 0.3 is 0 Å². The van der Waals surface area contributed by atoms with Gasteiger partial charge in [-0.2, -0.15) is 0 Å². The van der Waals surface area contributed by atoms with E-state index < -0.39 is 5.41 Å². The summed E-state index contributed by atoms with van der Waals surface area (Å²) in [5, 5.41) is 6.56. The number of nitrogens with zero attached hydrogens (tertiary/aromatic N) is 1. The molecule has 0 radical (unpaired) electrons. The Hall–Kier alpha value is -2.41. The van der Waals surface area contributed by atoms with E-state index >= 15 is 0 Å². The number of carbonyl (C=O) groups excluding carboxylic acids is 2. The third-order valence-electron chi connectivity index (χ3n) is 5.48. The Morgan fingerprint density at radius 1 is 0.931 bits per heavy atom. The monoisotopic (exact) mass is 413 g/mol. The summed E-state index contributed by atoms with van der Waals surface area (Å²) in [6, 6.07) is 14.7. The lowest BCUT2D eigenvalue weighted by Crippen LogP contribution is -2.41. The molecular weight excluding hydrogens is 390 g/mol. The Bertz CT molecular complexity index is 873. The van der Waals surface area contributed by atoms with E-state index in [1.807, 2.05) is 24.3 Å². The van der Waals surface area contributed by atoms with Crippen LogP contribution in [0.2, 0.25) is 5.02 Å². The number of anilines is 2. The fourth-order valence-electron chi connectivity index (χ4n) is 3.59. The molecule has 0 aromatic heterocycles. The highest BCUT2D eigenvalue weighted by molar-refractivity contribution is 6.30. The van der Waals surface area contributed by atoms with E-state index in [4.69, 9.17) is 16.3 Å². The van der Waals surface area contributed by atoms with Gasteiger partial charge in [-0.25, -0.2) is 0 Å². The first-order chi connectivity index (χ1) is 14.0. The lowest BCUT2D eigenvalue weighted by Gasteiger charge is -2.25. The molecule has 2 N–H and O–H groups in total. The topological polar surface area (TPSA) is 70.7 Å². The lowest BCUT2D eigenvalue weighted by molar-refractivity contribution is -0.119. The lowest BCUT2D eigenvalue weighted by atomic mass is 9.95. The highest BCUT2D eigenvalue weighted by atomic mass is 35.5. The maximum atomic E-state index is 12.8. The van der Waals surface area contributed by atoms with E-state index in [0.717, 1.165) is 31.5 Å². The van der Waals surface area contributed by atoms with Gasteiger partial charge in [-0.1, -0.05) is 23.7 Å². The molecule has 2 aliphatic rings. The average Bonchev–Trinajstić information content (AvgIpc) is 3.53. The summed E-state index contributed by atoms with van der Waals surface area (Å²) in [4.78, 5) is 27.1. The molecule has 1 saturated heterocycles. The molecule has 0 atom stereocenters. The zero-order chi connectivity index (χ0) is 20.3. The van der Waals surface area contributed by atoms with Crippen LogP contribution in [0.3, 0.4) is 0 Å². The number of halogens is 1. The van der Waals surface area contributed by atoms with Crippen molar-refractivity contribution in [3.63, 3.8) is 0 Å². The van der Waals surface area contributed by atoms with E-state index in [0.29, 0.717) is 36.2 Å². The molecule has 152 valence electrons. The van der Waals surface area contributed by atoms with E-state index in [9.17, 15) is 9.59 Å². The van der Waals surface area contributed by atoms with Crippen LogP contribution in [-0.4, -0.2) is 49.6 Å². The van der Waals surface area contributed by atoms with Gasteiger partial charge in [-0.3, -0.25) is 14.5 Å². The third kappa shape index (κ3) is 4.78. The number of benzene rings is 2. The number of amides is 2. The molecule has 0 unspecified atom stereocenters. The summed E-state index contributed by atoms with van der Waals surface area (Å²) >= 11 is 5.96. The molecule has 1 aliphatic heterocycles. The van der Waals surface area contributed by atoms with Crippen LogP contribution in [0.5, 0.6) is 0 Å². The SMILES string of the molecule is O=C(CN1CCOCC1)Nc1ccc(NC(=O)C2(c3ccc(Cl)cc3)CC2)cc1. The molecular formula is C22H24ClN3O3. The number of ether oxygens (including phenoxy) is 1. The second kappa shape index (κ2) is 8.53. The molecule has 0 spiro atoms. The van der Waals surface area contributed by atoms with Crippen LogP contribution in [0.25, 0.3) is 0 Å². The first kappa shape index (κ1) is 19.9. The molecule has 2 amide bonds. The van der Waals surface area contributed by atoms with Gasteiger partial charge in [-0.05, 0) is 54.8 Å². The van der Waals surface area contributed by atoms with Gasteiger partial charge in [0.25, 0.3) is 0 Å². The molecule has 6 nitrogen and oxygen atoms in total.